The van der Waals surface area contributed by atoms with Crippen molar-refractivity contribution in [3.63, 3.8) is 0 Å². The van der Waals surface area contributed by atoms with Crippen molar-refractivity contribution >= 4 is 21.6 Å². The summed E-state index contributed by atoms with van der Waals surface area (Å²) in [6.07, 6.45) is 2.76. The molecule has 0 spiro atoms. The molecule has 140 valence electrons. The number of benzene rings is 2. The molecule has 1 aromatic heterocycles. The van der Waals surface area contributed by atoms with Crippen LogP contribution in [0.5, 0.6) is 0 Å². The van der Waals surface area contributed by atoms with Crippen LogP contribution in [0.2, 0.25) is 0 Å². The van der Waals surface area contributed by atoms with Crippen molar-refractivity contribution < 1.29 is 4.92 Å². The fourth-order valence-corrected chi connectivity index (χ4v) is 3.93. The fraction of sp³-hybridized carbons (Fsp3) is 0.190. The molecule has 0 bridgehead atoms. The SMILES string of the molecule is Cc1cc(Br)c([N+](=O)[O-])c(C)c1Cc1ccnc(Cc2ccc(C#N)cc2)n1. The Morgan fingerprint density at radius 3 is 2.54 bits per heavy atom. The van der Waals surface area contributed by atoms with Gasteiger partial charge in [0.25, 0.3) is 5.69 Å². The van der Waals surface area contributed by atoms with Gasteiger partial charge in [0, 0.05) is 30.3 Å². The molecule has 0 saturated heterocycles. The summed E-state index contributed by atoms with van der Waals surface area (Å²) in [7, 11) is 0. The summed E-state index contributed by atoms with van der Waals surface area (Å²) in [6, 6.07) is 13.0. The van der Waals surface area contributed by atoms with Crippen LogP contribution in [-0.2, 0) is 12.8 Å². The van der Waals surface area contributed by atoms with Gasteiger partial charge in [0.2, 0.25) is 0 Å². The van der Waals surface area contributed by atoms with E-state index in [1.807, 2.05) is 25.1 Å². The third-order valence-electron chi connectivity index (χ3n) is 4.60. The molecule has 0 aliphatic heterocycles. The Bertz CT molecular complexity index is 1090. The van der Waals surface area contributed by atoms with Crippen molar-refractivity contribution in [3.05, 3.63) is 96.5 Å². The van der Waals surface area contributed by atoms with Crippen LogP contribution in [0.25, 0.3) is 0 Å². The molecule has 0 atom stereocenters. The van der Waals surface area contributed by atoms with Gasteiger partial charge in [-0.25, -0.2) is 9.97 Å². The Kier molecular flexibility index (Phi) is 5.81. The number of aryl methyl sites for hydroxylation is 1. The van der Waals surface area contributed by atoms with E-state index in [-0.39, 0.29) is 10.6 Å². The first-order valence-corrected chi connectivity index (χ1v) is 9.41. The summed E-state index contributed by atoms with van der Waals surface area (Å²) in [4.78, 5) is 20.0. The van der Waals surface area contributed by atoms with E-state index >= 15 is 0 Å². The molecule has 2 aromatic carbocycles. The molecule has 6 nitrogen and oxygen atoms in total. The minimum absolute atomic E-state index is 0.0902. The summed E-state index contributed by atoms with van der Waals surface area (Å²) in [5, 5.41) is 20.3. The molecular formula is C21H17BrN4O2. The maximum absolute atomic E-state index is 11.4. The number of halogens is 1. The zero-order valence-corrected chi connectivity index (χ0v) is 17.0. The van der Waals surface area contributed by atoms with E-state index in [4.69, 9.17) is 5.26 Å². The van der Waals surface area contributed by atoms with Gasteiger partial charge in [-0.15, -0.1) is 0 Å². The molecule has 0 N–H and O–H groups in total. The minimum Gasteiger partial charge on any atom is -0.258 e. The van der Waals surface area contributed by atoms with Crippen molar-refractivity contribution in [3.8, 4) is 6.07 Å². The first kappa shape index (κ1) is 19.6. The van der Waals surface area contributed by atoms with Gasteiger partial charge in [-0.05, 0) is 70.7 Å². The lowest BCUT2D eigenvalue weighted by Crippen LogP contribution is -2.05. The number of nitro groups is 1. The van der Waals surface area contributed by atoms with Crippen LogP contribution in [0.1, 0.15) is 39.3 Å². The smallest absolute Gasteiger partial charge is 0.258 e. The standard InChI is InChI=1S/C21H17BrN4O2/c1-13-9-19(22)21(26(27)28)14(2)18(13)11-17-7-8-24-20(25-17)10-15-3-5-16(12-23)6-4-15/h3-9H,10-11H2,1-2H3. The molecule has 0 radical (unpaired) electrons. The molecule has 0 amide bonds. The first-order chi connectivity index (χ1) is 13.4. The van der Waals surface area contributed by atoms with Crippen LogP contribution in [0.3, 0.4) is 0 Å². The molecule has 28 heavy (non-hydrogen) atoms. The van der Waals surface area contributed by atoms with Gasteiger partial charge in [-0.3, -0.25) is 10.1 Å². The monoisotopic (exact) mass is 436 g/mol. The van der Waals surface area contributed by atoms with Crippen LogP contribution in [-0.4, -0.2) is 14.9 Å². The molecule has 0 fully saturated rings. The predicted molar refractivity (Wildman–Crippen MR) is 109 cm³/mol. The second-order valence-corrected chi connectivity index (χ2v) is 7.37. The van der Waals surface area contributed by atoms with Gasteiger partial charge in [-0.1, -0.05) is 12.1 Å². The molecule has 0 saturated carbocycles. The number of rotatable bonds is 5. The summed E-state index contributed by atoms with van der Waals surface area (Å²) in [5.41, 5.74) is 5.04. The van der Waals surface area contributed by atoms with E-state index in [0.717, 1.165) is 22.4 Å². The lowest BCUT2D eigenvalue weighted by Gasteiger charge is -2.12. The van der Waals surface area contributed by atoms with Gasteiger partial charge >= 0.3 is 0 Å². The average Bonchev–Trinajstić information content (AvgIpc) is 2.65. The highest BCUT2D eigenvalue weighted by atomic mass is 79.9. The van der Waals surface area contributed by atoms with Crippen LogP contribution >= 0.6 is 15.9 Å². The Morgan fingerprint density at radius 2 is 1.89 bits per heavy atom. The Labute approximate surface area is 171 Å². The first-order valence-electron chi connectivity index (χ1n) is 8.62. The number of hydrogen-bond acceptors (Lipinski definition) is 5. The molecule has 7 heteroatoms. The molecule has 3 rings (SSSR count). The Hall–Kier alpha value is -3.11. The molecule has 0 unspecified atom stereocenters. The van der Waals surface area contributed by atoms with E-state index in [1.165, 1.54) is 0 Å². The lowest BCUT2D eigenvalue weighted by molar-refractivity contribution is -0.386. The van der Waals surface area contributed by atoms with Crippen LogP contribution in [0.15, 0.2) is 47.1 Å². The van der Waals surface area contributed by atoms with E-state index in [2.05, 4.69) is 32.0 Å². The summed E-state index contributed by atoms with van der Waals surface area (Å²) in [5.74, 6) is 0.670. The normalized spacial score (nSPS) is 10.5. The van der Waals surface area contributed by atoms with Gasteiger partial charge in [0.15, 0.2) is 0 Å². The average molecular weight is 437 g/mol. The zero-order chi connectivity index (χ0) is 20.3. The lowest BCUT2D eigenvalue weighted by atomic mass is 9.97. The number of nitriles is 1. The predicted octanol–water partition coefficient (Wildman–Crippen LogP) is 4.82. The number of nitro benzene ring substituents is 1. The largest absolute Gasteiger partial charge is 0.286 e. The zero-order valence-electron chi connectivity index (χ0n) is 15.4. The highest BCUT2D eigenvalue weighted by molar-refractivity contribution is 9.10. The summed E-state index contributed by atoms with van der Waals surface area (Å²) >= 11 is 3.29. The molecule has 3 aromatic rings. The van der Waals surface area contributed by atoms with Crippen molar-refractivity contribution in [1.82, 2.24) is 9.97 Å². The third kappa shape index (κ3) is 4.24. The van der Waals surface area contributed by atoms with E-state index in [0.29, 0.717) is 34.3 Å². The number of hydrogen-bond donors (Lipinski definition) is 0. The van der Waals surface area contributed by atoms with Crippen molar-refractivity contribution in [1.29, 1.82) is 5.26 Å². The number of aromatic nitrogens is 2. The molecule has 0 aliphatic carbocycles. The maximum atomic E-state index is 11.4. The molecule has 0 aliphatic rings. The third-order valence-corrected chi connectivity index (χ3v) is 5.21. The van der Waals surface area contributed by atoms with Gasteiger partial charge in [-0.2, -0.15) is 5.26 Å². The second kappa shape index (κ2) is 8.28. The Balaban J connectivity index is 1.88. The second-order valence-electron chi connectivity index (χ2n) is 6.51. The van der Waals surface area contributed by atoms with Gasteiger partial charge in [0.05, 0.1) is 21.0 Å². The van der Waals surface area contributed by atoms with Crippen molar-refractivity contribution in [2.45, 2.75) is 26.7 Å². The quantitative estimate of drug-likeness (QED) is 0.422. The number of nitrogens with zero attached hydrogens (tertiary/aromatic N) is 4. The van der Waals surface area contributed by atoms with Gasteiger partial charge < -0.3 is 0 Å². The molecular weight excluding hydrogens is 420 g/mol. The van der Waals surface area contributed by atoms with Crippen molar-refractivity contribution in [2.75, 3.05) is 0 Å². The maximum Gasteiger partial charge on any atom is 0.286 e. The van der Waals surface area contributed by atoms with E-state index in [9.17, 15) is 10.1 Å². The fourth-order valence-electron chi connectivity index (χ4n) is 3.15. The van der Waals surface area contributed by atoms with Crippen LogP contribution in [0.4, 0.5) is 5.69 Å². The Morgan fingerprint density at radius 1 is 1.18 bits per heavy atom. The van der Waals surface area contributed by atoms with E-state index in [1.54, 1.807) is 31.3 Å². The molecule has 1 heterocycles. The van der Waals surface area contributed by atoms with Gasteiger partial charge in [0.1, 0.15) is 5.82 Å². The van der Waals surface area contributed by atoms with Crippen molar-refractivity contribution in [2.24, 2.45) is 0 Å². The highest BCUT2D eigenvalue weighted by Crippen LogP contribution is 2.34. The highest BCUT2D eigenvalue weighted by Gasteiger charge is 2.21. The summed E-state index contributed by atoms with van der Waals surface area (Å²) in [6.45, 7) is 3.71. The minimum atomic E-state index is -0.362. The topological polar surface area (TPSA) is 92.7 Å². The van der Waals surface area contributed by atoms with Crippen LogP contribution in [0, 0.1) is 35.3 Å². The van der Waals surface area contributed by atoms with E-state index < -0.39 is 0 Å². The summed E-state index contributed by atoms with van der Waals surface area (Å²) < 4.78 is 0.487. The van der Waals surface area contributed by atoms with Crippen LogP contribution < -0.4 is 0 Å².